The molecular weight excluding hydrogens is 339 g/mol. The first-order valence-corrected chi connectivity index (χ1v) is 6.69. The molecule has 0 aliphatic heterocycles. The van der Waals surface area contributed by atoms with E-state index in [2.05, 4.69) is 22.6 Å². The molecule has 2 aromatic carbocycles. The number of Topliss-reactive ketones (excluding diaryl/α,β-unsaturated/α-hetero) is 1. The summed E-state index contributed by atoms with van der Waals surface area (Å²) >= 11 is 2.25. The van der Waals surface area contributed by atoms with Crippen LogP contribution in [0, 0.1) is 3.57 Å². The maximum absolute atomic E-state index is 12.2. The van der Waals surface area contributed by atoms with Crippen molar-refractivity contribution in [1.29, 1.82) is 0 Å². The molecule has 0 radical (unpaired) electrons. The first-order valence-electron chi connectivity index (χ1n) is 5.61. The second-order valence-corrected chi connectivity index (χ2v) is 5.17. The molecule has 0 aliphatic rings. The number of hydrogen-bond donors (Lipinski definition) is 0. The zero-order valence-corrected chi connectivity index (χ0v) is 12.2. The predicted octanol–water partition coefficient (Wildman–Crippen LogP) is 3.73. The summed E-state index contributed by atoms with van der Waals surface area (Å²) in [6.45, 7) is 0. The average molecular weight is 352 g/mol. The van der Waals surface area contributed by atoms with E-state index in [0.717, 1.165) is 5.56 Å². The highest BCUT2D eigenvalue weighted by Gasteiger charge is 2.11. The number of rotatable bonds is 4. The Hall–Kier alpha value is -1.36. The highest BCUT2D eigenvalue weighted by molar-refractivity contribution is 14.1. The van der Waals surface area contributed by atoms with Gasteiger partial charge in [0.15, 0.2) is 5.78 Å². The lowest BCUT2D eigenvalue weighted by atomic mass is 10.0. The first kappa shape index (κ1) is 13.1. The number of methoxy groups -OCH3 is 1. The van der Waals surface area contributed by atoms with Crippen molar-refractivity contribution in [2.24, 2.45) is 0 Å². The maximum atomic E-state index is 12.2. The molecule has 0 spiro atoms. The monoisotopic (exact) mass is 352 g/mol. The van der Waals surface area contributed by atoms with Crippen LogP contribution in [-0.4, -0.2) is 12.9 Å². The van der Waals surface area contributed by atoms with Gasteiger partial charge < -0.3 is 4.74 Å². The molecule has 92 valence electrons. The number of carbonyl (C=O) groups excluding carboxylic acids is 1. The van der Waals surface area contributed by atoms with Crippen LogP contribution < -0.4 is 4.74 Å². The number of halogens is 1. The number of para-hydroxylation sites is 1. The van der Waals surface area contributed by atoms with Gasteiger partial charge in [-0.3, -0.25) is 4.79 Å². The van der Waals surface area contributed by atoms with Gasteiger partial charge in [-0.2, -0.15) is 0 Å². The quantitative estimate of drug-likeness (QED) is 0.619. The Labute approximate surface area is 120 Å². The Balaban J connectivity index is 2.19. The number of hydrogen-bond acceptors (Lipinski definition) is 2. The van der Waals surface area contributed by atoms with Crippen LogP contribution in [0.1, 0.15) is 15.9 Å². The van der Waals surface area contributed by atoms with Crippen LogP contribution in [0.4, 0.5) is 0 Å². The van der Waals surface area contributed by atoms with Crippen LogP contribution in [0.25, 0.3) is 0 Å². The van der Waals surface area contributed by atoms with E-state index in [0.29, 0.717) is 17.7 Å². The standard InChI is InChI=1S/C15H13IO2/c1-18-15-5-3-2-4-13(15)14(17)10-11-6-8-12(16)9-7-11/h2-9H,10H2,1H3. The Kier molecular flexibility index (Phi) is 4.36. The summed E-state index contributed by atoms with van der Waals surface area (Å²) in [6.07, 6.45) is 0.400. The third kappa shape index (κ3) is 3.10. The lowest BCUT2D eigenvalue weighted by Crippen LogP contribution is -2.05. The van der Waals surface area contributed by atoms with Gasteiger partial charge in [0.25, 0.3) is 0 Å². The Morgan fingerprint density at radius 1 is 1.11 bits per heavy atom. The Morgan fingerprint density at radius 3 is 2.44 bits per heavy atom. The van der Waals surface area contributed by atoms with Gasteiger partial charge in [0, 0.05) is 9.99 Å². The topological polar surface area (TPSA) is 26.3 Å². The molecule has 0 aromatic heterocycles. The zero-order chi connectivity index (χ0) is 13.0. The maximum Gasteiger partial charge on any atom is 0.170 e. The van der Waals surface area contributed by atoms with Crippen LogP contribution in [0.2, 0.25) is 0 Å². The predicted molar refractivity (Wildman–Crippen MR) is 80.2 cm³/mol. The van der Waals surface area contributed by atoms with Crippen molar-refractivity contribution in [3.63, 3.8) is 0 Å². The van der Waals surface area contributed by atoms with Gasteiger partial charge in [-0.15, -0.1) is 0 Å². The third-order valence-electron chi connectivity index (χ3n) is 2.69. The van der Waals surface area contributed by atoms with Gasteiger partial charge in [-0.1, -0.05) is 24.3 Å². The van der Waals surface area contributed by atoms with Crippen molar-refractivity contribution >= 4 is 28.4 Å². The number of ether oxygens (including phenoxy) is 1. The third-order valence-corrected chi connectivity index (χ3v) is 3.40. The minimum Gasteiger partial charge on any atom is -0.496 e. The first-order chi connectivity index (χ1) is 8.70. The molecule has 0 fully saturated rings. The highest BCUT2D eigenvalue weighted by atomic mass is 127. The molecule has 18 heavy (non-hydrogen) atoms. The van der Waals surface area contributed by atoms with Gasteiger partial charge in [0.05, 0.1) is 12.7 Å². The molecule has 0 atom stereocenters. The molecule has 0 saturated heterocycles. The van der Waals surface area contributed by atoms with Crippen molar-refractivity contribution in [2.75, 3.05) is 7.11 Å². The van der Waals surface area contributed by atoms with Crippen molar-refractivity contribution in [3.05, 3.63) is 63.2 Å². The summed E-state index contributed by atoms with van der Waals surface area (Å²) in [4.78, 5) is 12.2. The van der Waals surface area contributed by atoms with E-state index in [1.54, 1.807) is 19.2 Å². The average Bonchev–Trinajstić information content (AvgIpc) is 2.41. The molecule has 0 heterocycles. The smallest absolute Gasteiger partial charge is 0.170 e. The summed E-state index contributed by atoms with van der Waals surface area (Å²) in [5.41, 5.74) is 1.66. The van der Waals surface area contributed by atoms with E-state index in [1.165, 1.54) is 3.57 Å². The molecule has 2 nitrogen and oxygen atoms in total. The van der Waals surface area contributed by atoms with E-state index in [9.17, 15) is 4.79 Å². The Bertz CT molecular complexity index is 547. The van der Waals surface area contributed by atoms with Crippen molar-refractivity contribution < 1.29 is 9.53 Å². The van der Waals surface area contributed by atoms with Crippen LogP contribution in [-0.2, 0) is 6.42 Å². The van der Waals surface area contributed by atoms with Crippen molar-refractivity contribution in [3.8, 4) is 5.75 Å². The van der Waals surface area contributed by atoms with Crippen LogP contribution in [0.3, 0.4) is 0 Å². The SMILES string of the molecule is COc1ccccc1C(=O)Cc1ccc(I)cc1. The zero-order valence-electron chi connectivity index (χ0n) is 10.0. The molecule has 0 unspecified atom stereocenters. The van der Waals surface area contributed by atoms with Gasteiger partial charge in [-0.25, -0.2) is 0 Å². The fourth-order valence-electron chi connectivity index (χ4n) is 1.76. The lowest BCUT2D eigenvalue weighted by Gasteiger charge is -2.07. The highest BCUT2D eigenvalue weighted by Crippen LogP contribution is 2.19. The van der Waals surface area contributed by atoms with Crippen molar-refractivity contribution in [2.45, 2.75) is 6.42 Å². The lowest BCUT2D eigenvalue weighted by molar-refractivity contribution is 0.0990. The minimum absolute atomic E-state index is 0.0775. The van der Waals surface area contributed by atoms with Gasteiger partial charge in [-0.05, 0) is 52.4 Å². The molecule has 2 aromatic rings. The molecule has 0 aliphatic carbocycles. The molecular formula is C15H13IO2. The number of ketones is 1. The summed E-state index contributed by atoms with van der Waals surface area (Å²) in [6, 6.07) is 15.3. The second kappa shape index (κ2) is 6.00. The molecule has 0 saturated carbocycles. The normalized spacial score (nSPS) is 10.1. The summed E-state index contributed by atoms with van der Waals surface area (Å²) < 4.78 is 6.37. The van der Waals surface area contributed by atoms with Gasteiger partial charge >= 0.3 is 0 Å². The van der Waals surface area contributed by atoms with E-state index in [-0.39, 0.29) is 5.78 Å². The summed E-state index contributed by atoms with van der Waals surface area (Å²) in [5.74, 6) is 0.710. The van der Waals surface area contributed by atoms with Gasteiger partial charge in [0.1, 0.15) is 5.75 Å². The molecule has 2 rings (SSSR count). The van der Waals surface area contributed by atoms with Crippen LogP contribution in [0.15, 0.2) is 48.5 Å². The van der Waals surface area contributed by atoms with Gasteiger partial charge in [0.2, 0.25) is 0 Å². The molecule has 0 N–H and O–H groups in total. The fraction of sp³-hybridized carbons (Fsp3) is 0.133. The fourth-order valence-corrected chi connectivity index (χ4v) is 2.12. The van der Waals surface area contributed by atoms with E-state index in [1.807, 2.05) is 36.4 Å². The number of carbonyl (C=O) groups is 1. The second-order valence-electron chi connectivity index (χ2n) is 3.93. The van der Waals surface area contributed by atoms with Crippen LogP contribution in [0.5, 0.6) is 5.75 Å². The number of benzene rings is 2. The van der Waals surface area contributed by atoms with Crippen LogP contribution >= 0.6 is 22.6 Å². The summed E-state index contributed by atoms with van der Waals surface area (Å²) in [5, 5.41) is 0. The molecule has 0 bridgehead atoms. The van der Waals surface area contributed by atoms with Crippen molar-refractivity contribution in [1.82, 2.24) is 0 Å². The summed E-state index contributed by atoms with van der Waals surface area (Å²) in [7, 11) is 1.58. The largest absolute Gasteiger partial charge is 0.496 e. The van der Waals surface area contributed by atoms with E-state index >= 15 is 0 Å². The van der Waals surface area contributed by atoms with E-state index < -0.39 is 0 Å². The van der Waals surface area contributed by atoms with E-state index in [4.69, 9.17) is 4.74 Å². The Morgan fingerprint density at radius 2 is 1.78 bits per heavy atom. The molecule has 3 heteroatoms. The minimum atomic E-state index is 0.0775. The molecule has 0 amide bonds.